The summed E-state index contributed by atoms with van der Waals surface area (Å²) in [4.78, 5) is 0. The summed E-state index contributed by atoms with van der Waals surface area (Å²) in [6.45, 7) is 0. The zero-order valence-corrected chi connectivity index (χ0v) is 5.07. The summed E-state index contributed by atoms with van der Waals surface area (Å²) >= 11 is 0. The molecule has 0 heterocycles. The van der Waals surface area contributed by atoms with Gasteiger partial charge in [0.2, 0.25) is 0 Å². The molecule has 0 aromatic rings. The minimum absolute atomic E-state index is 0.987. The Labute approximate surface area is 50.4 Å². The Kier molecular flexibility index (Phi) is 3.52. The normalized spacial score (nSPS) is 5.88. The molecule has 0 rings (SSSR count). The van der Waals surface area contributed by atoms with Crippen LogP contribution in [-0.2, 0) is 0 Å². The van der Waals surface area contributed by atoms with Crippen LogP contribution >= 0.6 is 7.92 Å². The molecule has 0 bridgehead atoms. The molecule has 0 aliphatic heterocycles. The van der Waals surface area contributed by atoms with E-state index in [0.29, 0.717) is 0 Å². The molecule has 0 aromatic carbocycles. The van der Waals surface area contributed by atoms with Gasteiger partial charge in [0, 0.05) is 6.04 Å². The molecule has 38 valence electrons. The van der Waals surface area contributed by atoms with Gasteiger partial charge in [0.05, 0.1) is 0 Å². The molecule has 0 unspecified atom stereocenters. The molecule has 0 fully saturated rings. The number of hydrogen-bond donors (Lipinski definition) is 1. The van der Waals surface area contributed by atoms with E-state index in [2.05, 4.69) is 23.0 Å². The Morgan fingerprint density at radius 2 is 1.75 bits per heavy atom. The topological polar surface area (TPSA) is 26.0 Å². The predicted octanol–water partition coefficient (Wildman–Crippen LogP) is 0.527. The zero-order chi connectivity index (χ0) is 6.41. The molecule has 0 saturated carbocycles. The lowest BCUT2D eigenvalue weighted by atomic mass is 11.2. The molecule has 0 saturated heterocycles. The highest BCUT2D eigenvalue weighted by Gasteiger charge is 1.87. The third kappa shape index (κ3) is 2.15. The second-order valence-corrected chi connectivity index (χ2v) is 2.26. The van der Waals surface area contributed by atoms with Gasteiger partial charge in [0.15, 0.2) is 0 Å². The Morgan fingerprint density at radius 1 is 1.25 bits per heavy atom. The summed E-state index contributed by atoms with van der Waals surface area (Å²) in [6.07, 6.45) is 9.90. The molecule has 0 spiro atoms. The summed E-state index contributed by atoms with van der Waals surface area (Å²) in [5, 5.41) is 0. The average molecular weight is 121 g/mol. The van der Waals surface area contributed by atoms with E-state index >= 15 is 0 Å². The zero-order valence-electron chi connectivity index (χ0n) is 4.18. The van der Waals surface area contributed by atoms with Crippen molar-refractivity contribution in [2.75, 3.05) is 0 Å². The Balaban J connectivity index is 3.95. The van der Waals surface area contributed by atoms with Crippen LogP contribution in [0.5, 0.6) is 0 Å². The summed E-state index contributed by atoms with van der Waals surface area (Å²) < 4.78 is 0. The first-order chi connectivity index (χ1) is 3.85. The van der Waals surface area contributed by atoms with E-state index in [1.54, 1.807) is 0 Å². The highest BCUT2D eigenvalue weighted by atomic mass is 31.1. The van der Waals surface area contributed by atoms with Crippen LogP contribution in [0.3, 0.4) is 0 Å². The quantitative estimate of drug-likeness (QED) is 0.282. The molecule has 8 heavy (non-hydrogen) atoms. The van der Waals surface area contributed by atoms with Crippen molar-refractivity contribution in [3.8, 4) is 35.9 Å². The fourth-order valence-electron chi connectivity index (χ4n) is 0.166. The number of terminal acetylenes is 2. The van der Waals surface area contributed by atoms with Gasteiger partial charge in [0.1, 0.15) is 7.92 Å². The van der Waals surface area contributed by atoms with E-state index in [1.807, 2.05) is 0 Å². The van der Waals surface area contributed by atoms with Crippen LogP contribution in [0.25, 0.3) is 0 Å². The predicted molar refractivity (Wildman–Crippen MR) is 36.5 cm³/mol. The Bertz CT molecular complexity index is 181. The van der Waals surface area contributed by atoms with Gasteiger partial charge in [-0.25, -0.2) is 0 Å². The molecular formula is C6H4NP. The largest absolute Gasteiger partial charge is 0.359 e. The second kappa shape index (κ2) is 4.08. The van der Waals surface area contributed by atoms with E-state index in [9.17, 15) is 0 Å². The van der Waals surface area contributed by atoms with E-state index in [0.717, 1.165) is 0 Å². The minimum atomic E-state index is -0.987. The van der Waals surface area contributed by atoms with Crippen molar-refractivity contribution in [2.24, 2.45) is 5.73 Å². The van der Waals surface area contributed by atoms with Crippen LogP contribution in [-0.4, -0.2) is 0 Å². The Hall–Kier alpha value is -1.09. The van der Waals surface area contributed by atoms with Gasteiger partial charge >= 0.3 is 0 Å². The molecule has 2 N–H and O–H groups in total. The molecule has 0 atom stereocenters. The van der Waals surface area contributed by atoms with Crippen LogP contribution in [0, 0.1) is 35.9 Å². The van der Waals surface area contributed by atoms with Crippen molar-refractivity contribution in [1.29, 1.82) is 0 Å². The van der Waals surface area contributed by atoms with Gasteiger partial charge in [-0.3, -0.25) is 0 Å². The number of hydrogen-bond acceptors (Lipinski definition) is 1. The van der Waals surface area contributed by atoms with Gasteiger partial charge in [-0.15, -0.1) is 12.8 Å². The van der Waals surface area contributed by atoms with Crippen LogP contribution in [0.4, 0.5) is 0 Å². The first-order valence-electron chi connectivity index (χ1n) is 1.79. The molecular weight excluding hydrogens is 117 g/mol. The molecule has 0 aliphatic rings. The van der Waals surface area contributed by atoms with Gasteiger partial charge < -0.3 is 5.73 Å². The first-order valence-corrected chi connectivity index (χ1v) is 3.13. The standard InChI is InChI=1S/C6H4NP/c1-3-8(4-2)6-5-7/h1-2H,7H2. The third-order valence-corrected chi connectivity index (χ3v) is 1.30. The van der Waals surface area contributed by atoms with E-state index in [4.69, 9.17) is 18.6 Å². The van der Waals surface area contributed by atoms with Crippen LogP contribution in [0.15, 0.2) is 0 Å². The lowest BCUT2D eigenvalue weighted by Crippen LogP contribution is -1.74. The van der Waals surface area contributed by atoms with Gasteiger partial charge in [-0.1, -0.05) is 11.3 Å². The SMILES string of the molecule is C#CP(C#C)C#CN. The lowest BCUT2D eigenvalue weighted by Gasteiger charge is -1.82. The maximum atomic E-state index is 4.95. The third-order valence-electron chi connectivity index (χ3n) is 0.435. The number of nitrogens with two attached hydrogens (primary N) is 1. The summed E-state index contributed by atoms with van der Waals surface area (Å²) in [6, 6.07) is 2.16. The van der Waals surface area contributed by atoms with Crippen molar-refractivity contribution in [3.63, 3.8) is 0 Å². The van der Waals surface area contributed by atoms with Crippen LogP contribution in [0.2, 0.25) is 0 Å². The molecule has 2 heteroatoms. The van der Waals surface area contributed by atoms with Crippen molar-refractivity contribution in [2.45, 2.75) is 0 Å². The summed E-state index contributed by atoms with van der Waals surface area (Å²) in [5.41, 5.74) is 12.0. The second-order valence-electron chi connectivity index (χ2n) is 0.850. The van der Waals surface area contributed by atoms with Crippen molar-refractivity contribution >= 4 is 7.92 Å². The van der Waals surface area contributed by atoms with Crippen LogP contribution < -0.4 is 5.73 Å². The first kappa shape index (κ1) is 6.91. The van der Waals surface area contributed by atoms with E-state index in [-0.39, 0.29) is 0 Å². The molecule has 0 aliphatic carbocycles. The van der Waals surface area contributed by atoms with Gasteiger partial charge in [-0.05, 0) is 5.66 Å². The maximum absolute atomic E-state index is 4.95. The fourth-order valence-corrected chi connectivity index (χ4v) is 0.499. The van der Waals surface area contributed by atoms with Crippen molar-refractivity contribution < 1.29 is 0 Å². The highest BCUT2D eigenvalue weighted by molar-refractivity contribution is 7.72. The van der Waals surface area contributed by atoms with E-state index in [1.165, 1.54) is 0 Å². The average Bonchev–Trinajstić information content (AvgIpc) is 1.83. The summed E-state index contributed by atoms with van der Waals surface area (Å²) in [7, 11) is -0.987. The van der Waals surface area contributed by atoms with Gasteiger partial charge in [0.25, 0.3) is 0 Å². The molecule has 0 amide bonds. The molecule has 1 nitrogen and oxygen atoms in total. The van der Waals surface area contributed by atoms with Crippen LogP contribution in [0.1, 0.15) is 0 Å². The highest BCUT2D eigenvalue weighted by Crippen LogP contribution is 2.28. The van der Waals surface area contributed by atoms with E-state index < -0.39 is 7.92 Å². The minimum Gasteiger partial charge on any atom is -0.359 e. The Morgan fingerprint density at radius 3 is 1.88 bits per heavy atom. The molecule has 0 aromatic heterocycles. The summed E-state index contributed by atoms with van der Waals surface area (Å²) in [5.74, 6) is 0. The van der Waals surface area contributed by atoms with Crippen molar-refractivity contribution in [1.82, 2.24) is 0 Å². The van der Waals surface area contributed by atoms with Gasteiger partial charge in [-0.2, -0.15) is 0 Å². The lowest BCUT2D eigenvalue weighted by molar-refractivity contribution is 1.75. The fraction of sp³-hybridized carbons (Fsp3) is 0. The number of rotatable bonds is 0. The molecule has 0 radical (unpaired) electrons. The smallest absolute Gasteiger partial charge is 0.128 e. The van der Waals surface area contributed by atoms with Crippen molar-refractivity contribution in [3.05, 3.63) is 0 Å². The monoisotopic (exact) mass is 121 g/mol. The maximum Gasteiger partial charge on any atom is 0.128 e.